The fourth-order valence-electron chi connectivity index (χ4n) is 5.29. The van der Waals surface area contributed by atoms with Crippen molar-refractivity contribution in [3.05, 3.63) is 64.4 Å². The minimum Gasteiger partial charge on any atom is -0.481 e. The van der Waals surface area contributed by atoms with Crippen LogP contribution in [0.5, 0.6) is 5.88 Å². The minimum atomic E-state index is -0.105. The molecule has 0 spiro atoms. The number of aliphatic hydroxyl groups excluding tert-OH is 1. The SMILES string of the molecule is CCN(c1cccc2c1CC=CC(CO)Cc1cc(C)nc(OC)c1CNC2=O)C1CCOCC1. The van der Waals surface area contributed by atoms with Gasteiger partial charge in [0.1, 0.15) is 0 Å². The van der Waals surface area contributed by atoms with Gasteiger partial charge < -0.3 is 24.8 Å². The number of methoxy groups -OCH3 is 1. The number of hydrogen-bond acceptors (Lipinski definition) is 6. The molecule has 1 aromatic heterocycles. The number of rotatable bonds is 5. The van der Waals surface area contributed by atoms with E-state index < -0.39 is 0 Å². The van der Waals surface area contributed by atoms with Crippen molar-refractivity contribution in [1.82, 2.24) is 10.3 Å². The Hall–Kier alpha value is -2.90. The average Bonchev–Trinajstić information content (AvgIpc) is 2.87. The fraction of sp³-hybridized carbons (Fsp3) is 0.500. The number of anilines is 1. The van der Waals surface area contributed by atoms with Crippen molar-refractivity contribution in [2.24, 2.45) is 5.92 Å². The highest BCUT2D eigenvalue weighted by molar-refractivity contribution is 5.97. The normalized spacial score (nSPS) is 19.1. The molecule has 2 aliphatic rings. The third-order valence-electron chi connectivity index (χ3n) is 7.05. The second-order valence-corrected chi connectivity index (χ2v) is 9.31. The summed E-state index contributed by atoms with van der Waals surface area (Å²) in [5, 5.41) is 13.2. The lowest BCUT2D eigenvalue weighted by Crippen LogP contribution is -2.40. The maximum Gasteiger partial charge on any atom is 0.251 e. The Morgan fingerprint density at radius 1 is 1.26 bits per heavy atom. The van der Waals surface area contributed by atoms with Gasteiger partial charge in [0.05, 0.1) is 7.11 Å². The summed E-state index contributed by atoms with van der Waals surface area (Å²) in [6.45, 7) is 6.85. The highest BCUT2D eigenvalue weighted by Crippen LogP contribution is 2.31. The zero-order valence-corrected chi connectivity index (χ0v) is 21.0. The van der Waals surface area contributed by atoms with Gasteiger partial charge in [0.25, 0.3) is 5.91 Å². The van der Waals surface area contributed by atoms with Crippen LogP contribution in [0.25, 0.3) is 0 Å². The molecule has 0 bridgehead atoms. The number of carbonyl (C=O) groups is 1. The predicted octanol–water partition coefficient (Wildman–Crippen LogP) is 3.60. The smallest absolute Gasteiger partial charge is 0.251 e. The predicted molar refractivity (Wildman–Crippen MR) is 137 cm³/mol. The van der Waals surface area contributed by atoms with Crippen LogP contribution in [-0.4, -0.2) is 55.5 Å². The van der Waals surface area contributed by atoms with Gasteiger partial charge in [-0.25, -0.2) is 4.98 Å². The first-order chi connectivity index (χ1) is 17.0. The van der Waals surface area contributed by atoms with Gasteiger partial charge in [0.2, 0.25) is 5.88 Å². The van der Waals surface area contributed by atoms with Gasteiger partial charge in [-0.1, -0.05) is 18.2 Å². The van der Waals surface area contributed by atoms with Gasteiger partial charge in [0, 0.05) is 67.4 Å². The van der Waals surface area contributed by atoms with Gasteiger partial charge in [0.15, 0.2) is 0 Å². The Morgan fingerprint density at radius 3 is 2.77 bits per heavy atom. The zero-order valence-electron chi connectivity index (χ0n) is 21.0. The average molecular weight is 480 g/mol. The summed E-state index contributed by atoms with van der Waals surface area (Å²) in [7, 11) is 1.60. The molecule has 0 radical (unpaired) electrons. The molecule has 1 unspecified atom stereocenters. The number of ether oxygens (including phenoxy) is 2. The number of aromatic nitrogens is 1. The van der Waals surface area contributed by atoms with E-state index in [1.165, 1.54) is 0 Å². The van der Waals surface area contributed by atoms with Crippen LogP contribution in [0.2, 0.25) is 0 Å². The van der Waals surface area contributed by atoms with E-state index in [9.17, 15) is 9.90 Å². The van der Waals surface area contributed by atoms with Crippen LogP contribution in [0, 0.1) is 12.8 Å². The monoisotopic (exact) mass is 479 g/mol. The Kier molecular flexibility index (Phi) is 8.42. The molecule has 1 fully saturated rings. The van der Waals surface area contributed by atoms with Crippen molar-refractivity contribution in [1.29, 1.82) is 0 Å². The van der Waals surface area contributed by atoms with Crippen LogP contribution < -0.4 is 15.0 Å². The number of amides is 1. The van der Waals surface area contributed by atoms with Gasteiger partial charge in [-0.15, -0.1) is 0 Å². The second-order valence-electron chi connectivity index (χ2n) is 9.31. The van der Waals surface area contributed by atoms with Gasteiger partial charge in [-0.05, 0) is 68.9 Å². The Balaban J connectivity index is 1.75. The van der Waals surface area contributed by atoms with E-state index in [1.54, 1.807) is 7.11 Å². The number of aliphatic hydroxyl groups is 1. The van der Waals surface area contributed by atoms with Gasteiger partial charge in [-0.3, -0.25) is 4.79 Å². The molecule has 2 aliphatic heterocycles. The van der Waals surface area contributed by atoms with Gasteiger partial charge in [-0.2, -0.15) is 0 Å². The van der Waals surface area contributed by atoms with Crippen LogP contribution in [0.3, 0.4) is 0 Å². The number of pyridine rings is 1. The minimum absolute atomic E-state index is 0.0382. The Labute approximate surface area is 208 Å². The van der Waals surface area contributed by atoms with Crippen LogP contribution in [0.1, 0.15) is 52.5 Å². The summed E-state index contributed by atoms with van der Waals surface area (Å²) in [6, 6.07) is 8.41. The second kappa shape index (κ2) is 11.7. The highest BCUT2D eigenvalue weighted by atomic mass is 16.5. The molecule has 4 rings (SSSR count). The molecule has 1 amide bonds. The van der Waals surface area contributed by atoms with E-state index in [4.69, 9.17) is 9.47 Å². The van der Waals surface area contributed by atoms with Crippen molar-refractivity contribution >= 4 is 11.6 Å². The number of benzene rings is 1. The summed E-state index contributed by atoms with van der Waals surface area (Å²) < 4.78 is 11.2. The van der Waals surface area contributed by atoms with Crippen molar-refractivity contribution in [2.45, 2.75) is 52.1 Å². The van der Waals surface area contributed by atoms with E-state index in [2.05, 4.69) is 40.3 Å². The molecule has 1 aromatic carbocycles. The number of allylic oxidation sites excluding steroid dienone is 1. The number of hydrogen-bond donors (Lipinski definition) is 2. The molecule has 3 heterocycles. The summed E-state index contributed by atoms with van der Waals surface area (Å²) in [6.07, 6.45) is 7.41. The number of fused-ring (bicyclic) bond motifs is 2. The first-order valence-corrected chi connectivity index (χ1v) is 12.6. The molecule has 1 atom stereocenters. The standard InChI is InChI=1S/C28H37N3O4/c1-4-31(22-11-13-35-14-12-22)26-10-6-9-24-23(26)8-5-7-20(18-32)16-21-15-19(2)30-28(34-3)25(21)17-29-27(24)33/h5-7,9-10,15,20,22,32H,4,8,11-14,16-18H2,1-3H3,(H,29,33). The number of aryl methyl sites for hydroxylation is 1. The summed E-state index contributed by atoms with van der Waals surface area (Å²) in [5.41, 5.74) is 5.53. The lowest BCUT2D eigenvalue weighted by atomic mass is 9.93. The molecule has 2 aromatic rings. The molecule has 7 nitrogen and oxygen atoms in total. The van der Waals surface area contributed by atoms with Crippen molar-refractivity contribution in [3.63, 3.8) is 0 Å². The fourth-order valence-corrected chi connectivity index (χ4v) is 5.29. The zero-order chi connectivity index (χ0) is 24.8. The van der Waals surface area contributed by atoms with Crippen LogP contribution in [0.4, 0.5) is 5.69 Å². The van der Waals surface area contributed by atoms with Gasteiger partial charge >= 0.3 is 0 Å². The van der Waals surface area contributed by atoms with Crippen LogP contribution in [0.15, 0.2) is 36.4 Å². The number of nitrogens with one attached hydrogen (secondary N) is 1. The topological polar surface area (TPSA) is 83.9 Å². The Morgan fingerprint density at radius 2 is 2.06 bits per heavy atom. The van der Waals surface area contributed by atoms with E-state index in [0.29, 0.717) is 36.9 Å². The van der Waals surface area contributed by atoms with E-state index in [-0.39, 0.29) is 18.4 Å². The molecule has 0 saturated carbocycles. The summed E-state index contributed by atoms with van der Waals surface area (Å²) in [5.74, 6) is 0.374. The Bertz CT molecular complexity index is 1060. The molecular formula is C28H37N3O4. The third kappa shape index (κ3) is 5.68. The van der Waals surface area contributed by atoms with E-state index >= 15 is 0 Å². The number of carbonyl (C=O) groups excluding carboxylic acids is 1. The lowest BCUT2D eigenvalue weighted by Gasteiger charge is -2.37. The van der Waals surface area contributed by atoms with Crippen molar-refractivity contribution < 1.29 is 19.4 Å². The van der Waals surface area contributed by atoms with Crippen LogP contribution >= 0.6 is 0 Å². The molecule has 35 heavy (non-hydrogen) atoms. The molecule has 7 heteroatoms. The van der Waals surface area contributed by atoms with E-state index in [1.807, 2.05) is 25.1 Å². The number of nitrogens with zero attached hydrogens (tertiary/aromatic N) is 2. The quantitative estimate of drug-likeness (QED) is 0.638. The maximum atomic E-state index is 13.5. The first-order valence-electron chi connectivity index (χ1n) is 12.6. The summed E-state index contributed by atoms with van der Waals surface area (Å²) in [4.78, 5) is 20.4. The van der Waals surface area contributed by atoms with E-state index in [0.717, 1.165) is 60.7 Å². The first kappa shape index (κ1) is 25.2. The van der Waals surface area contributed by atoms with Crippen molar-refractivity contribution in [2.75, 3.05) is 38.4 Å². The third-order valence-corrected chi connectivity index (χ3v) is 7.05. The highest BCUT2D eigenvalue weighted by Gasteiger charge is 2.25. The van der Waals surface area contributed by atoms with Crippen molar-refractivity contribution in [3.8, 4) is 5.88 Å². The molecule has 1 saturated heterocycles. The lowest BCUT2D eigenvalue weighted by molar-refractivity contribution is 0.0845. The van der Waals surface area contributed by atoms with Crippen LogP contribution in [-0.2, 0) is 24.1 Å². The maximum absolute atomic E-state index is 13.5. The molecule has 0 aliphatic carbocycles. The largest absolute Gasteiger partial charge is 0.481 e. The molecule has 188 valence electrons. The molecule has 2 N–H and O–H groups in total. The molecular weight excluding hydrogens is 442 g/mol. The summed E-state index contributed by atoms with van der Waals surface area (Å²) >= 11 is 0.